The number of amides is 2. The summed E-state index contributed by atoms with van der Waals surface area (Å²) in [6.45, 7) is 4.25. The normalized spacial score (nSPS) is 19.6. The van der Waals surface area contributed by atoms with E-state index in [-0.39, 0.29) is 30.4 Å². The fourth-order valence-corrected chi connectivity index (χ4v) is 4.43. The van der Waals surface area contributed by atoms with E-state index in [1.54, 1.807) is 4.90 Å². The Bertz CT molecular complexity index is 924. The SMILES string of the molecule is C[C@H](NCC(=O)N1c2ccccc2NC(=O)C[C@H]1C)c1ccc2c(c1)CCCC2. The van der Waals surface area contributed by atoms with E-state index in [1.165, 1.54) is 36.0 Å². The summed E-state index contributed by atoms with van der Waals surface area (Å²) in [5.74, 6) is -0.0816. The first-order valence-electron chi connectivity index (χ1n) is 10.6. The summed E-state index contributed by atoms with van der Waals surface area (Å²) < 4.78 is 0. The number of rotatable bonds is 4. The molecule has 0 spiro atoms. The number of hydrogen-bond donors (Lipinski definition) is 2. The molecule has 2 aliphatic rings. The van der Waals surface area contributed by atoms with Crippen molar-refractivity contribution in [3.63, 3.8) is 0 Å². The quantitative estimate of drug-likeness (QED) is 0.829. The second kappa shape index (κ2) is 8.37. The van der Waals surface area contributed by atoms with E-state index in [0.29, 0.717) is 12.1 Å². The molecule has 1 aliphatic heterocycles. The Morgan fingerprint density at radius 2 is 1.93 bits per heavy atom. The van der Waals surface area contributed by atoms with Gasteiger partial charge in [-0.2, -0.15) is 0 Å². The van der Waals surface area contributed by atoms with Crippen molar-refractivity contribution < 1.29 is 9.59 Å². The number of para-hydroxylation sites is 2. The van der Waals surface area contributed by atoms with Crippen LogP contribution in [0, 0.1) is 0 Å². The lowest BCUT2D eigenvalue weighted by molar-refractivity contribution is -0.118. The lowest BCUT2D eigenvalue weighted by Gasteiger charge is -2.28. The van der Waals surface area contributed by atoms with Crippen molar-refractivity contribution >= 4 is 23.2 Å². The number of nitrogens with one attached hydrogen (secondary N) is 2. The molecule has 1 heterocycles. The molecule has 2 aromatic carbocycles. The van der Waals surface area contributed by atoms with Crippen molar-refractivity contribution in [1.82, 2.24) is 5.32 Å². The average molecular weight is 392 g/mol. The number of fused-ring (bicyclic) bond motifs is 2. The molecule has 2 N–H and O–H groups in total. The van der Waals surface area contributed by atoms with Crippen molar-refractivity contribution in [1.29, 1.82) is 0 Å². The molecular weight excluding hydrogens is 362 g/mol. The summed E-state index contributed by atoms with van der Waals surface area (Å²) in [5.41, 5.74) is 5.60. The smallest absolute Gasteiger partial charge is 0.241 e. The van der Waals surface area contributed by atoms with Crippen molar-refractivity contribution in [2.75, 3.05) is 16.8 Å². The number of aryl methyl sites for hydroxylation is 2. The molecule has 2 aromatic rings. The first kappa shape index (κ1) is 19.6. The Labute approximate surface area is 172 Å². The van der Waals surface area contributed by atoms with Crippen LogP contribution in [0.25, 0.3) is 0 Å². The highest BCUT2D eigenvalue weighted by Gasteiger charge is 2.29. The molecule has 1 aliphatic carbocycles. The van der Waals surface area contributed by atoms with Gasteiger partial charge in [0.1, 0.15) is 0 Å². The minimum atomic E-state index is -0.188. The lowest BCUT2D eigenvalue weighted by atomic mass is 9.89. The third-order valence-electron chi connectivity index (χ3n) is 6.06. The predicted molar refractivity (Wildman–Crippen MR) is 116 cm³/mol. The van der Waals surface area contributed by atoms with Crippen molar-refractivity contribution in [2.24, 2.45) is 0 Å². The van der Waals surface area contributed by atoms with Crippen LogP contribution < -0.4 is 15.5 Å². The summed E-state index contributed by atoms with van der Waals surface area (Å²) in [6, 6.07) is 14.1. The molecule has 0 radical (unpaired) electrons. The van der Waals surface area contributed by atoms with Crippen LogP contribution in [0.4, 0.5) is 11.4 Å². The minimum Gasteiger partial charge on any atom is -0.324 e. The standard InChI is InChI=1S/C24H29N3O2/c1-16-13-23(28)26-21-9-5-6-10-22(21)27(16)24(29)15-25-17(2)19-12-11-18-7-3-4-8-20(18)14-19/h5-6,9-12,14,16-17,25H,3-4,7-8,13,15H2,1-2H3,(H,26,28)/t16-,17+/m1/s1. The summed E-state index contributed by atoms with van der Waals surface area (Å²) in [6.07, 6.45) is 5.16. The van der Waals surface area contributed by atoms with Crippen LogP contribution in [-0.4, -0.2) is 24.4 Å². The number of anilines is 2. The zero-order valence-electron chi connectivity index (χ0n) is 17.2. The molecule has 0 bridgehead atoms. The Kier molecular flexibility index (Phi) is 5.67. The van der Waals surface area contributed by atoms with Crippen LogP contribution in [0.3, 0.4) is 0 Å². The molecule has 4 rings (SSSR count). The fourth-order valence-electron chi connectivity index (χ4n) is 4.43. The predicted octanol–water partition coefficient (Wildman–Crippen LogP) is 3.98. The van der Waals surface area contributed by atoms with Gasteiger partial charge in [-0.1, -0.05) is 30.3 Å². The highest BCUT2D eigenvalue weighted by molar-refractivity contribution is 6.04. The van der Waals surface area contributed by atoms with Crippen molar-refractivity contribution in [3.05, 3.63) is 59.2 Å². The molecular formula is C24H29N3O2. The first-order valence-corrected chi connectivity index (χ1v) is 10.6. The fraction of sp³-hybridized carbons (Fsp3) is 0.417. The highest BCUT2D eigenvalue weighted by atomic mass is 16.2. The van der Waals surface area contributed by atoms with Gasteiger partial charge in [-0.15, -0.1) is 0 Å². The van der Waals surface area contributed by atoms with E-state index in [1.807, 2.05) is 31.2 Å². The lowest BCUT2D eigenvalue weighted by Crippen LogP contribution is -2.44. The molecule has 0 saturated carbocycles. The number of nitrogens with zero attached hydrogens (tertiary/aromatic N) is 1. The summed E-state index contributed by atoms with van der Waals surface area (Å²) >= 11 is 0. The summed E-state index contributed by atoms with van der Waals surface area (Å²) in [7, 11) is 0. The maximum atomic E-state index is 13.1. The van der Waals surface area contributed by atoms with E-state index >= 15 is 0 Å². The van der Waals surface area contributed by atoms with E-state index in [0.717, 1.165) is 12.1 Å². The van der Waals surface area contributed by atoms with Gasteiger partial charge in [-0.05, 0) is 68.4 Å². The molecule has 0 fully saturated rings. The van der Waals surface area contributed by atoms with E-state index in [4.69, 9.17) is 0 Å². The molecule has 29 heavy (non-hydrogen) atoms. The Hall–Kier alpha value is -2.66. The maximum Gasteiger partial charge on any atom is 0.241 e. The minimum absolute atomic E-state index is 0.0220. The zero-order valence-corrected chi connectivity index (χ0v) is 17.2. The monoisotopic (exact) mass is 391 g/mol. The summed E-state index contributed by atoms with van der Waals surface area (Å²) in [4.78, 5) is 27.0. The Balaban J connectivity index is 1.47. The molecule has 0 saturated heterocycles. The van der Waals surface area contributed by atoms with Gasteiger partial charge in [-0.25, -0.2) is 0 Å². The first-order chi connectivity index (χ1) is 14.0. The third kappa shape index (κ3) is 4.20. The van der Waals surface area contributed by atoms with Crippen molar-refractivity contribution in [3.8, 4) is 0 Å². The van der Waals surface area contributed by atoms with Crippen molar-refractivity contribution in [2.45, 2.75) is 58.0 Å². The Morgan fingerprint density at radius 3 is 2.76 bits per heavy atom. The van der Waals surface area contributed by atoms with Crippen LogP contribution in [-0.2, 0) is 22.4 Å². The van der Waals surface area contributed by atoms with E-state index < -0.39 is 0 Å². The highest BCUT2D eigenvalue weighted by Crippen LogP contribution is 2.31. The van der Waals surface area contributed by atoms with Crippen LogP contribution in [0.1, 0.15) is 55.8 Å². The second-order valence-corrected chi connectivity index (χ2v) is 8.22. The zero-order chi connectivity index (χ0) is 20.4. The maximum absolute atomic E-state index is 13.1. The molecule has 152 valence electrons. The van der Waals surface area contributed by atoms with Gasteiger partial charge in [0.15, 0.2) is 0 Å². The summed E-state index contributed by atoms with van der Waals surface area (Å²) in [5, 5.41) is 6.29. The molecule has 2 atom stereocenters. The molecule has 0 aromatic heterocycles. The van der Waals surface area contributed by atoms with Crippen LogP contribution in [0.15, 0.2) is 42.5 Å². The average Bonchev–Trinajstić information content (AvgIpc) is 2.85. The van der Waals surface area contributed by atoms with Gasteiger partial charge in [0, 0.05) is 18.5 Å². The molecule has 0 unspecified atom stereocenters. The number of carbonyl (C=O) groups excluding carboxylic acids is 2. The van der Waals surface area contributed by atoms with Gasteiger partial charge in [0.25, 0.3) is 0 Å². The van der Waals surface area contributed by atoms with E-state index in [2.05, 4.69) is 35.8 Å². The van der Waals surface area contributed by atoms with Gasteiger partial charge >= 0.3 is 0 Å². The second-order valence-electron chi connectivity index (χ2n) is 8.22. The third-order valence-corrected chi connectivity index (χ3v) is 6.06. The molecule has 2 amide bonds. The molecule has 5 heteroatoms. The van der Waals surface area contributed by atoms with Gasteiger partial charge in [0.2, 0.25) is 11.8 Å². The van der Waals surface area contributed by atoms with E-state index in [9.17, 15) is 9.59 Å². The number of benzene rings is 2. The van der Waals surface area contributed by atoms with Crippen LogP contribution in [0.2, 0.25) is 0 Å². The largest absolute Gasteiger partial charge is 0.324 e. The number of hydrogen-bond acceptors (Lipinski definition) is 3. The topological polar surface area (TPSA) is 61.4 Å². The van der Waals surface area contributed by atoms with Crippen LogP contribution >= 0.6 is 0 Å². The van der Waals surface area contributed by atoms with Gasteiger partial charge < -0.3 is 15.5 Å². The van der Waals surface area contributed by atoms with Gasteiger partial charge in [-0.3, -0.25) is 9.59 Å². The van der Waals surface area contributed by atoms with Gasteiger partial charge in [0.05, 0.1) is 17.9 Å². The molecule has 5 nitrogen and oxygen atoms in total. The number of carbonyl (C=O) groups is 2. The van der Waals surface area contributed by atoms with Crippen LogP contribution in [0.5, 0.6) is 0 Å². The Morgan fingerprint density at radius 1 is 1.17 bits per heavy atom.